The number of ether oxygens (including phenoxy) is 1. The molecule has 114 valence electrons. The maximum Gasteiger partial charge on any atom is 0.419 e. The van der Waals surface area contributed by atoms with Crippen molar-refractivity contribution in [3.05, 3.63) is 29.3 Å². The zero-order valence-corrected chi connectivity index (χ0v) is 12.4. The first kappa shape index (κ1) is 17.2. The molecule has 0 aliphatic carbocycles. The van der Waals surface area contributed by atoms with E-state index in [0.717, 1.165) is 38.2 Å². The van der Waals surface area contributed by atoms with E-state index in [9.17, 15) is 13.2 Å². The fourth-order valence-electron chi connectivity index (χ4n) is 1.90. The van der Waals surface area contributed by atoms with Gasteiger partial charge in [0.1, 0.15) is 5.75 Å². The molecule has 1 aromatic rings. The summed E-state index contributed by atoms with van der Waals surface area (Å²) in [4.78, 5) is 0. The van der Waals surface area contributed by atoms with Crippen molar-refractivity contribution < 1.29 is 17.9 Å². The first-order chi connectivity index (χ1) is 9.49. The molecule has 0 fully saturated rings. The Hall–Kier alpha value is -0.900. The Balaban J connectivity index is 2.60. The second-order valence-electron chi connectivity index (χ2n) is 4.72. The van der Waals surface area contributed by atoms with E-state index in [0.29, 0.717) is 12.2 Å². The van der Waals surface area contributed by atoms with Crippen molar-refractivity contribution in [2.24, 2.45) is 0 Å². The van der Waals surface area contributed by atoms with Gasteiger partial charge in [0.15, 0.2) is 0 Å². The molecular weight excluding hydrogens is 289 g/mol. The highest BCUT2D eigenvalue weighted by atomic mass is 35.5. The van der Waals surface area contributed by atoms with Crippen LogP contribution in [0.15, 0.2) is 18.2 Å². The maximum absolute atomic E-state index is 12.9. The third kappa shape index (κ3) is 5.61. The summed E-state index contributed by atoms with van der Waals surface area (Å²) in [5.74, 6) is -0.0535. The van der Waals surface area contributed by atoms with Crippen LogP contribution in [0.25, 0.3) is 0 Å². The van der Waals surface area contributed by atoms with Gasteiger partial charge in [0.05, 0.1) is 12.2 Å². The zero-order valence-electron chi connectivity index (χ0n) is 11.6. The second-order valence-corrected chi connectivity index (χ2v) is 4.99. The van der Waals surface area contributed by atoms with Gasteiger partial charge in [-0.05, 0) is 24.1 Å². The summed E-state index contributed by atoms with van der Waals surface area (Å²) in [6.07, 6.45) is 0.720. The van der Waals surface area contributed by atoms with Gasteiger partial charge in [-0.3, -0.25) is 0 Å². The van der Waals surface area contributed by atoms with Crippen molar-refractivity contribution in [1.29, 1.82) is 0 Å². The summed E-state index contributed by atoms with van der Waals surface area (Å²) >= 11 is 5.57. The molecule has 5 heteroatoms. The molecule has 0 N–H and O–H groups in total. The van der Waals surface area contributed by atoms with Crippen LogP contribution in [0.1, 0.15) is 50.2 Å². The molecule has 0 saturated carbocycles. The van der Waals surface area contributed by atoms with E-state index in [1.54, 1.807) is 6.07 Å². The molecule has 0 aliphatic rings. The number of benzene rings is 1. The minimum atomic E-state index is -4.42. The van der Waals surface area contributed by atoms with E-state index in [-0.39, 0.29) is 11.6 Å². The van der Waals surface area contributed by atoms with Crippen molar-refractivity contribution in [2.75, 3.05) is 6.61 Å². The number of unbranched alkanes of at least 4 members (excludes halogenated alkanes) is 4. The Bertz CT molecular complexity index is 405. The fraction of sp³-hybridized carbons (Fsp3) is 0.600. The van der Waals surface area contributed by atoms with Crippen molar-refractivity contribution >= 4 is 11.6 Å². The van der Waals surface area contributed by atoms with E-state index in [1.807, 2.05) is 0 Å². The van der Waals surface area contributed by atoms with E-state index in [4.69, 9.17) is 16.3 Å². The van der Waals surface area contributed by atoms with Gasteiger partial charge in [0.2, 0.25) is 0 Å². The molecule has 0 aliphatic heterocycles. The number of hydrogen-bond acceptors (Lipinski definition) is 1. The number of rotatable bonds is 8. The molecule has 0 radical (unpaired) electrons. The number of alkyl halides is 4. The Morgan fingerprint density at radius 2 is 1.80 bits per heavy atom. The van der Waals surface area contributed by atoms with Gasteiger partial charge < -0.3 is 4.74 Å². The van der Waals surface area contributed by atoms with E-state index in [2.05, 4.69) is 6.92 Å². The average molecular weight is 309 g/mol. The van der Waals surface area contributed by atoms with Crippen LogP contribution in [0.5, 0.6) is 5.75 Å². The van der Waals surface area contributed by atoms with E-state index < -0.39 is 11.7 Å². The third-order valence-corrected chi connectivity index (χ3v) is 3.32. The van der Waals surface area contributed by atoms with Gasteiger partial charge >= 0.3 is 6.18 Å². The summed E-state index contributed by atoms with van der Waals surface area (Å²) in [6, 6.07) is 3.97. The smallest absolute Gasteiger partial charge is 0.419 e. The Labute approximate surface area is 123 Å². The van der Waals surface area contributed by atoms with Crippen LogP contribution >= 0.6 is 11.6 Å². The molecule has 0 unspecified atom stereocenters. The van der Waals surface area contributed by atoms with Gasteiger partial charge in [-0.2, -0.15) is 13.2 Å². The highest BCUT2D eigenvalue weighted by Gasteiger charge is 2.34. The molecule has 0 saturated heterocycles. The lowest BCUT2D eigenvalue weighted by Gasteiger charge is -2.15. The van der Waals surface area contributed by atoms with Crippen LogP contribution in [0, 0.1) is 0 Å². The van der Waals surface area contributed by atoms with E-state index >= 15 is 0 Å². The first-order valence-corrected chi connectivity index (χ1v) is 7.41. The van der Waals surface area contributed by atoms with Crippen LogP contribution < -0.4 is 4.74 Å². The topological polar surface area (TPSA) is 9.23 Å². The second kappa shape index (κ2) is 8.40. The molecule has 0 aromatic heterocycles. The van der Waals surface area contributed by atoms with Crippen LogP contribution in [0.2, 0.25) is 0 Å². The van der Waals surface area contributed by atoms with Crippen molar-refractivity contribution in [3.63, 3.8) is 0 Å². The minimum absolute atomic E-state index is 0.0559. The monoisotopic (exact) mass is 308 g/mol. The lowest BCUT2D eigenvalue weighted by Crippen LogP contribution is -2.10. The summed E-state index contributed by atoms with van der Waals surface area (Å²) < 4.78 is 44.0. The largest absolute Gasteiger partial charge is 0.493 e. The van der Waals surface area contributed by atoms with Gasteiger partial charge in [-0.25, -0.2) is 0 Å². The lowest BCUT2D eigenvalue weighted by molar-refractivity contribution is -0.139. The van der Waals surface area contributed by atoms with Gasteiger partial charge in [-0.1, -0.05) is 38.7 Å². The van der Waals surface area contributed by atoms with Gasteiger partial charge in [-0.15, -0.1) is 11.6 Å². The summed E-state index contributed by atoms with van der Waals surface area (Å²) in [7, 11) is 0. The third-order valence-electron chi connectivity index (χ3n) is 3.01. The Morgan fingerprint density at radius 3 is 2.40 bits per heavy atom. The minimum Gasteiger partial charge on any atom is -0.493 e. The van der Waals surface area contributed by atoms with Crippen molar-refractivity contribution in [1.82, 2.24) is 0 Å². The average Bonchev–Trinajstić information content (AvgIpc) is 2.41. The zero-order chi connectivity index (χ0) is 15.0. The predicted octanol–water partition coefficient (Wildman–Crippen LogP) is 5.79. The highest BCUT2D eigenvalue weighted by molar-refractivity contribution is 6.17. The van der Waals surface area contributed by atoms with Gasteiger partial charge in [0, 0.05) is 5.88 Å². The summed E-state index contributed by atoms with van der Waals surface area (Å²) in [5, 5.41) is 0. The predicted molar refractivity (Wildman–Crippen MR) is 75.3 cm³/mol. The fourth-order valence-corrected chi connectivity index (χ4v) is 2.06. The lowest BCUT2D eigenvalue weighted by atomic mass is 10.1. The Kier molecular flexibility index (Phi) is 7.20. The molecule has 0 atom stereocenters. The van der Waals surface area contributed by atoms with Crippen LogP contribution in [0.4, 0.5) is 13.2 Å². The Morgan fingerprint density at radius 1 is 1.10 bits per heavy atom. The van der Waals surface area contributed by atoms with Crippen molar-refractivity contribution in [3.8, 4) is 5.75 Å². The van der Waals surface area contributed by atoms with E-state index in [1.165, 1.54) is 6.07 Å². The summed E-state index contributed by atoms with van der Waals surface area (Å²) in [5.41, 5.74) is -0.307. The molecular formula is C15H20ClF3O. The standard InChI is InChI=1S/C15H20ClF3O/c1-2-3-4-5-6-9-20-14-8-7-12(11-16)10-13(14)15(17,18)19/h7-8,10H,2-6,9,11H2,1H3. The normalized spacial score (nSPS) is 11.7. The molecule has 1 nitrogen and oxygen atoms in total. The molecule has 20 heavy (non-hydrogen) atoms. The van der Waals surface area contributed by atoms with Crippen LogP contribution in [-0.4, -0.2) is 6.61 Å². The maximum atomic E-state index is 12.9. The molecule has 0 bridgehead atoms. The molecule has 0 spiro atoms. The molecule has 1 aromatic carbocycles. The highest BCUT2D eigenvalue weighted by Crippen LogP contribution is 2.37. The van der Waals surface area contributed by atoms with Crippen LogP contribution in [-0.2, 0) is 12.1 Å². The molecule has 0 amide bonds. The van der Waals surface area contributed by atoms with Crippen molar-refractivity contribution in [2.45, 2.75) is 51.1 Å². The van der Waals surface area contributed by atoms with Gasteiger partial charge in [0.25, 0.3) is 0 Å². The first-order valence-electron chi connectivity index (χ1n) is 6.88. The molecule has 0 heterocycles. The molecule has 1 rings (SSSR count). The SMILES string of the molecule is CCCCCCCOc1ccc(CCl)cc1C(F)(F)F. The van der Waals surface area contributed by atoms with Crippen LogP contribution in [0.3, 0.4) is 0 Å². The number of halogens is 4. The summed E-state index contributed by atoms with van der Waals surface area (Å²) in [6.45, 7) is 2.43. The number of hydrogen-bond donors (Lipinski definition) is 0. The quantitative estimate of drug-likeness (QED) is 0.436.